The molecule has 114 valence electrons. The molecule has 0 spiro atoms. The van der Waals surface area contributed by atoms with E-state index in [1.54, 1.807) is 29.1 Å². The molecule has 1 heterocycles. The van der Waals surface area contributed by atoms with Gasteiger partial charge in [0.15, 0.2) is 0 Å². The Morgan fingerprint density at radius 1 is 1.00 bits per heavy atom. The largest absolute Gasteiger partial charge is 0.277 e. The maximum Gasteiger partial charge on any atom is 0.277 e. The molecule has 0 radical (unpaired) electrons. The molecular formula is C17H11Cl2N3O. The number of carbonyl (C=O) groups is 1. The quantitative estimate of drug-likeness (QED) is 0.707. The minimum atomic E-state index is -0.400. The van der Waals surface area contributed by atoms with Crippen molar-refractivity contribution in [2.75, 3.05) is 0 Å². The first-order valence-corrected chi connectivity index (χ1v) is 7.53. The van der Waals surface area contributed by atoms with Crippen LogP contribution in [-0.4, -0.2) is 15.7 Å². The summed E-state index contributed by atoms with van der Waals surface area (Å²) in [6.45, 7) is 0. The van der Waals surface area contributed by atoms with Gasteiger partial charge in [0.1, 0.15) is 0 Å². The van der Waals surface area contributed by atoms with Crippen molar-refractivity contribution in [1.82, 2.24) is 9.78 Å². The van der Waals surface area contributed by atoms with Crippen LogP contribution in [0.15, 0.2) is 72.0 Å². The zero-order valence-corrected chi connectivity index (χ0v) is 13.4. The van der Waals surface area contributed by atoms with Gasteiger partial charge in [0, 0.05) is 11.8 Å². The maximum absolute atomic E-state index is 12.1. The summed E-state index contributed by atoms with van der Waals surface area (Å²) in [5.41, 5.74) is 1.30. The molecule has 3 aromatic rings. The summed E-state index contributed by atoms with van der Waals surface area (Å²) in [4.78, 5) is 16.1. The van der Waals surface area contributed by atoms with Crippen LogP contribution >= 0.6 is 23.2 Å². The molecule has 0 aliphatic rings. The number of amides is 1. The van der Waals surface area contributed by atoms with Gasteiger partial charge in [-0.15, -0.1) is 0 Å². The maximum atomic E-state index is 12.1. The molecule has 0 bridgehead atoms. The number of para-hydroxylation sites is 1. The number of halogens is 2. The highest BCUT2D eigenvalue weighted by atomic mass is 35.5. The number of benzene rings is 2. The Balaban J connectivity index is 1.88. The molecule has 2 aromatic carbocycles. The van der Waals surface area contributed by atoms with E-state index >= 15 is 0 Å². The molecule has 1 amide bonds. The number of nitrogens with zero attached hydrogens (tertiary/aromatic N) is 3. The number of aromatic nitrogens is 2. The van der Waals surface area contributed by atoms with E-state index in [9.17, 15) is 4.79 Å². The molecule has 23 heavy (non-hydrogen) atoms. The Bertz CT molecular complexity index is 900. The van der Waals surface area contributed by atoms with Gasteiger partial charge in [-0.05, 0) is 36.4 Å². The SMILES string of the molecule is O=C(/N=c1\ccn(-c2ccccc2)nc1)c1ccc(Cl)c(Cl)c1. The van der Waals surface area contributed by atoms with Crippen molar-refractivity contribution >= 4 is 29.1 Å². The van der Waals surface area contributed by atoms with Gasteiger partial charge < -0.3 is 0 Å². The normalized spacial score (nSPS) is 11.5. The molecule has 6 heteroatoms. The Morgan fingerprint density at radius 2 is 1.78 bits per heavy atom. The van der Waals surface area contributed by atoms with Gasteiger partial charge in [0.05, 0.1) is 27.3 Å². The van der Waals surface area contributed by atoms with Gasteiger partial charge in [-0.1, -0.05) is 41.4 Å². The lowest BCUT2D eigenvalue weighted by Crippen LogP contribution is -2.11. The Kier molecular flexibility index (Phi) is 4.55. The number of hydrogen-bond donors (Lipinski definition) is 0. The van der Waals surface area contributed by atoms with Crippen LogP contribution in [0.2, 0.25) is 10.0 Å². The van der Waals surface area contributed by atoms with Gasteiger partial charge in [-0.3, -0.25) is 4.79 Å². The lowest BCUT2D eigenvalue weighted by Gasteiger charge is -2.03. The lowest BCUT2D eigenvalue weighted by molar-refractivity contribution is 0.0998. The zero-order chi connectivity index (χ0) is 16.2. The van der Waals surface area contributed by atoms with Crippen LogP contribution < -0.4 is 5.36 Å². The first-order valence-electron chi connectivity index (χ1n) is 6.78. The van der Waals surface area contributed by atoms with E-state index in [0.717, 1.165) is 5.69 Å². The summed E-state index contributed by atoms with van der Waals surface area (Å²) in [7, 11) is 0. The van der Waals surface area contributed by atoms with Gasteiger partial charge >= 0.3 is 0 Å². The Morgan fingerprint density at radius 3 is 2.43 bits per heavy atom. The van der Waals surface area contributed by atoms with E-state index < -0.39 is 5.91 Å². The molecule has 0 saturated heterocycles. The van der Waals surface area contributed by atoms with E-state index in [-0.39, 0.29) is 0 Å². The topological polar surface area (TPSA) is 47.2 Å². The van der Waals surface area contributed by atoms with Crippen LogP contribution in [0.3, 0.4) is 0 Å². The predicted molar refractivity (Wildman–Crippen MR) is 89.9 cm³/mol. The smallest absolute Gasteiger partial charge is 0.267 e. The first kappa shape index (κ1) is 15.5. The van der Waals surface area contributed by atoms with E-state index in [4.69, 9.17) is 23.2 Å². The molecule has 4 nitrogen and oxygen atoms in total. The second-order valence-electron chi connectivity index (χ2n) is 4.71. The van der Waals surface area contributed by atoms with Crippen LogP contribution in [0.4, 0.5) is 0 Å². The van der Waals surface area contributed by atoms with Gasteiger partial charge in [0.25, 0.3) is 5.91 Å². The van der Waals surface area contributed by atoms with E-state index in [2.05, 4.69) is 10.1 Å². The number of hydrogen-bond acceptors (Lipinski definition) is 2. The summed E-state index contributed by atoms with van der Waals surface area (Å²) < 4.78 is 1.70. The summed E-state index contributed by atoms with van der Waals surface area (Å²) in [5.74, 6) is -0.400. The highest BCUT2D eigenvalue weighted by molar-refractivity contribution is 6.42. The molecule has 0 saturated carbocycles. The van der Waals surface area contributed by atoms with Crippen molar-refractivity contribution in [1.29, 1.82) is 0 Å². The minimum Gasteiger partial charge on any atom is -0.267 e. The monoisotopic (exact) mass is 343 g/mol. The van der Waals surface area contributed by atoms with Crippen molar-refractivity contribution < 1.29 is 4.79 Å². The minimum absolute atomic E-state index is 0.320. The second-order valence-corrected chi connectivity index (χ2v) is 5.53. The van der Waals surface area contributed by atoms with Crippen molar-refractivity contribution in [3.63, 3.8) is 0 Å². The molecule has 3 rings (SSSR count). The average molecular weight is 344 g/mol. The highest BCUT2D eigenvalue weighted by Crippen LogP contribution is 2.22. The Hall–Kier alpha value is -2.43. The molecule has 0 unspecified atom stereocenters. The number of rotatable bonds is 2. The number of carbonyl (C=O) groups excluding carboxylic acids is 1. The molecule has 0 aliphatic carbocycles. The summed E-state index contributed by atoms with van der Waals surface area (Å²) >= 11 is 11.7. The molecule has 0 aliphatic heterocycles. The lowest BCUT2D eigenvalue weighted by atomic mass is 10.2. The fraction of sp³-hybridized carbons (Fsp3) is 0. The first-order chi connectivity index (χ1) is 11.1. The van der Waals surface area contributed by atoms with E-state index in [0.29, 0.717) is 21.0 Å². The van der Waals surface area contributed by atoms with Crippen LogP contribution in [-0.2, 0) is 0 Å². The summed E-state index contributed by atoms with van der Waals surface area (Å²) in [5, 5.41) is 5.43. The van der Waals surface area contributed by atoms with Crippen molar-refractivity contribution in [2.24, 2.45) is 4.99 Å². The van der Waals surface area contributed by atoms with Crippen molar-refractivity contribution in [2.45, 2.75) is 0 Å². The van der Waals surface area contributed by atoms with Crippen molar-refractivity contribution in [3.8, 4) is 5.69 Å². The van der Waals surface area contributed by atoms with Crippen LogP contribution in [0.5, 0.6) is 0 Å². The third-order valence-corrected chi connectivity index (χ3v) is 3.86. The summed E-state index contributed by atoms with van der Waals surface area (Å²) in [6.07, 6.45) is 3.28. The molecular weight excluding hydrogens is 333 g/mol. The van der Waals surface area contributed by atoms with Crippen LogP contribution in [0, 0.1) is 0 Å². The third-order valence-electron chi connectivity index (χ3n) is 3.12. The third kappa shape index (κ3) is 3.67. The second kappa shape index (κ2) is 6.77. The summed E-state index contributed by atoms with van der Waals surface area (Å²) in [6, 6.07) is 16.0. The van der Waals surface area contributed by atoms with Crippen LogP contribution in [0.1, 0.15) is 10.4 Å². The highest BCUT2D eigenvalue weighted by Gasteiger charge is 2.06. The van der Waals surface area contributed by atoms with Gasteiger partial charge in [-0.2, -0.15) is 5.10 Å². The predicted octanol–water partition coefficient (Wildman–Crippen LogP) is 3.92. The van der Waals surface area contributed by atoms with Gasteiger partial charge in [-0.25, -0.2) is 9.67 Å². The molecule has 1 aromatic heterocycles. The standard InChI is InChI=1S/C17H11Cl2N3O/c18-15-7-6-12(10-16(15)19)17(23)21-13-8-9-22(20-11-13)14-4-2-1-3-5-14/h1-11H/b21-13+. The fourth-order valence-corrected chi connectivity index (χ4v) is 2.26. The van der Waals surface area contributed by atoms with E-state index in [1.807, 2.05) is 30.3 Å². The van der Waals surface area contributed by atoms with Gasteiger partial charge in [0.2, 0.25) is 0 Å². The van der Waals surface area contributed by atoms with Crippen LogP contribution in [0.25, 0.3) is 5.69 Å². The zero-order valence-electron chi connectivity index (χ0n) is 11.9. The average Bonchev–Trinajstić information content (AvgIpc) is 2.59. The molecule has 0 fully saturated rings. The van der Waals surface area contributed by atoms with E-state index in [1.165, 1.54) is 12.3 Å². The molecule has 0 N–H and O–H groups in total. The molecule has 0 atom stereocenters. The fourth-order valence-electron chi connectivity index (χ4n) is 1.96. The Labute approximate surface area is 142 Å². The van der Waals surface area contributed by atoms with Crippen molar-refractivity contribution in [3.05, 3.63) is 88.0 Å².